The topological polar surface area (TPSA) is 284 Å². The van der Waals surface area contributed by atoms with Crippen LogP contribution in [0.3, 0.4) is 0 Å². The fourth-order valence-corrected chi connectivity index (χ4v) is 19.0. The number of anilines is 2. The minimum absolute atomic E-state index is 0.0261. The largest absolute Gasteiger partial charge is 0.496 e. The number of rotatable bonds is 29. The molecule has 8 aliphatic rings. The zero-order valence-corrected chi connectivity index (χ0v) is 67.5. The predicted molar refractivity (Wildman–Crippen MR) is 427 cm³/mol. The lowest BCUT2D eigenvalue weighted by atomic mass is 9.45. The Bertz CT molecular complexity index is 4200. The van der Waals surface area contributed by atoms with Crippen molar-refractivity contribution in [3.05, 3.63) is 161 Å². The van der Waals surface area contributed by atoms with E-state index in [1.165, 1.54) is 24.7 Å². The first kappa shape index (κ1) is 83.8. The summed E-state index contributed by atoms with van der Waals surface area (Å²) < 4.78 is 28.1. The van der Waals surface area contributed by atoms with E-state index in [1.54, 1.807) is 50.5 Å². The molecule has 9 N–H and O–H groups in total. The average molecular weight is 1530 g/mol. The quantitative estimate of drug-likeness (QED) is 0.0212. The molecule has 6 aromatic rings. The fraction of sp³-hybridized carbons (Fsp3) is 0.552. The normalized spacial score (nSPS) is 26.7. The van der Waals surface area contributed by atoms with E-state index >= 15 is 4.39 Å². The maximum absolute atomic E-state index is 16.1. The van der Waals surface area contributed by atoms with E-state index in [0.29, 0.717) is 77.0 Å². The van der Waals surface area contributed by atoms with Crippen LogP contribution in [0.5, 0.6) is 11.5 Å². The van der Waals surface area contributed by atoms with Gasteiger partial charge in [-0.1, -0.05) is 96.1 Å². The van der Waals surface area contributed by atoms with Crippen LogP contribution >= 0.6 is 0 Å². The Morgan fingerprint density at radius 1 is 0.604 bits per heavy atom. The van der Waals surface area contributed by atoms with Crippen LogP contribution in [0.2, 0.25) is 0 Å². The monoisotopic (exact) mass is 1530 g/mol. The highest BCUT2D eigenvalue weighted by molar-refractivity contribution is 5.98. The smallest absolute Gasteiger partial charge is 0.251 e. The lowest BCUT2D eigenvalue weighted by molar-refractivity contribution is -0.183. The molecule has 5 aromatic carbocycles. The maximum atomic E-state index is 16.1. The zero-order chi connectivity index (χ0) is 80.2. The molecule has 18 atom stereocenters. The standard InChI is InChI=1S/C44H61FN6O6.C43H58N4O7/c1-25-35-19-30(44(35,3)4)20-37(25)48-43(55)40-39(26(2)53)38(24-52)57-51(40)23-34-36(45)13-12-33(41(34)56-9)28-16-29(18-32(17-28)50(7)8)42(54)47-31(22-49(5)6)15-27-11-10-14-46-21-27;1-25-35-20-31(43(35,3)4)21-36(25)45-42(52)39-38(26(2)50)37(24-49)54-47(39)22-28-14-11-15-34(40(28)53-7)29-17-30(19-33(18-29)46(5)6)41(51)44-32(23-48)16-27-12-9-8-10-13-27/h10-14,16-18,21,25-26,30-31,35,37-40,52-53H,15,19-20,22-24H2,1-9H3,(H,47,54)(H,48,55);8-15,17-19,25-26,31-32,35-39,48-50H,16,20-24H2,1-7H3,(H,44,51)(H,45,52)/t25-,26-,30+,31-,35-,37-,38-,39-,40-;25-,26-,31+,32-,35-,36-,37-,38+,39-/m00/s1. The van der Waals surface area contributed by atoms with Crippen LogP contribution in [0, 0.1) is 64.0 Å². The van der Waals surface area contributed by atoms with Gasteiger partial charge in [0.15, 0.2) is 0 Å². The molecule has 4 bridgehead atoms. The summed E-state index contributed by atoms with van der Waals surface area (Å²) in [7, 11) is 14.5. The lowest BCUT2D eigenvalue weighted by Gasteiger charge is -2.62. The molecule has 6 saturated carbocycles. The van der Waals surface area contributed by atoms with Gasteiger partial charge in [0, 0.05) is 122 Å². The first-order valence-corrected chi connectivity index (χ1v) is 39.3. The third-order valence-corrected chi connectivity index (χ3v) is 25.5. The number of carbonyl (C=O) groups excluding carboxylic acids is 4. The number of hydroxylamine groups is 4. The Morgan fingerprint density at radius 3 is 1.53 bits per heavy atom. The van der Waals surface area contributed by atoms with Gasteiger partial charge in [-0.25, -0.2) is 4.39 Å². The molecule has 602 valence electrons. The highest BCUT2D eigenvalue weighted by Crippen LogP contribution is 2.62. The number of aliphatic hydroxyl groups is 5. The number of halogens is 1. The minimum atomic E-state index is -1.01. The third kappa shape index (κ3) is 18.1. The molecule has 14 rings (SSSR count). The molecule has 0 unspecified atom stereocenters. The van der Waals surface area contributed by atoms with Crippen molar-refractivity contribution in [3.8, 4) is 33.8 Å². The number of amides is 4. The number of aromatic nitrogens is 1. The number of fused-ring (bicyclic) bond motifs is 4. The summed E-state index contributed by atoms with van der Waals surface area (Å²) in [5, 5.41) is 68.5. The molecular formula is C87H119FN10O13. The molecule has 8 fully saturated rings. The van der Waals surface area contributed by atoms with Crippen LogP contribution in [0.25, 0.3) is 22.3 Å². The van der Waals surface area contributed by atoms with E-state index in [9.17, 15) is 44.7 Å². The molecule has 24 heteroatoms. The number of nitrogens with one attached hydrogen (secondary N) is 4. The summed E-state index contributed by atoms with van der Waals surface area (Å²) in [5.74, 6) is 0.356. The second-order valence-corrected chi connectivity index (χ2v) is 33.9. The number of nitrogens with zero attached hydrogens (tertiary/aromatic N) is 6. The number of para-hydroxylation sites is 1. The molecule has 0 spiro atoms. The van der Waals surface area contributed by atoms with Crippen molar-refractivity contribution in [2.45, 2.75) is 168 Å². The number of carbonyl (C=O) groups is 4. The molecular weight excluding hydrogens is 1410 g/mol. The van der Waals surface area contributed by atoms with E-state index in [0.717, 1.165) is 58.5 Å². The molecule has 23 nitrogen and oxygen atoms in total. The zero-order valence-electron chi connectivity index (χ0n) is 67.5. The molecule has 1 aromatic heterocycles. The summed E-state index contributed by atoms with van der Waals surface area (Å²) in [5.41, 5.74) is 8.44. The Hall–Kier alpha value is -8.14. The van der Waals surface area contributed by atoms with Crippen molar-refractivity contribution in [1.82, 2.24) is 41.3 Å². The van der Waals surface area contributed by atoms with Gasteiger partial charge in [0.1, 0.15) is 41.6 Å². The minimum Gasteiger partial charge on any atom is -0.496 e. The predicted octanol–water partition coefficient (Wildman–Crippen LogP) is 8.95. The van der Waals surface area contributed by atoms with Crippen molar-refractivity contribution >= 4 is 35.0 Å². The van der Waals surface area contributed by atoms with Gasteiger partial charge < -0.3 is 71.0 Å². The number of benzene rings is 5. The molecule has 111 heavy (non-hydrogen) atoms. The van der Waals surface area contributed by atoms with Gasteiger partial charge in [0.05, 0.1) is 65.4 Å². The van der Waals surface area contributed by atoms with Gasteiger partial charge in [-0.05, 0) is 190 Å². The average Bonchev–Trinajstić information content (AvgIpc) is 1.48. The molecule has 3 heterocycles. The van der Waals surface area contributed by atoms with Crippen LogP contribution in [-0.2, 0) is 45.2 Å². The second-order valence-electron chi connectivity index (χ2n) is 33.9. The Kier molecular flexibility index (Phi) is 26.8. The number of hydrogen-bond donors (Lipinski definition) is 9. The summed E-state index contributed by atoms with van der Waals surface area (Å²) >= 11 is 0. The van der Waals surface area contributed by atoms with Gasteiger partial charge >= 0.3 is 0 Å². The lowest BCUT2D eigenvalue weighted by Crippen LogP contribution is -2.62. The van der Waals surface area contributed by atoms with Crippen LogP contribution in [0.15, 0.2) is 122 Å². The number of hydrogen-bond acceptors (Lipinski definition) is 19. The number of ether oxygens (including phenoxy) is 2. The van der Waals surface area contributed by atoms with E-state index in [2.05, 4.69) is 67.8 Å². The van der Waals surface area contributed by atoms with Gasteiger partial charge in [-0.2, -0.15) is 10.1 Å². The Labute approximate surface area is 654 Å². The van der Waals surface area contributed by atoms with Crippen molar-refractivity contribution in [1.29, 1.82) is 0 Å². The van der Waals surface area contributed by atoms with Crippen molar-refractivity contribution in [2.75, 3.05) is 92.7 Å². The molecule has 6 aliphatic carbocycles. The highest BCUT2D eigenvalue weighted by atomic mass is 19.1. The van der Waals surface area contributed by atoms with Crippen molar-refractivity contribution < 1.29 is 68.3 Å². The van der Waals surface area contributed by atoms with E-state index in [4.69, 9.17) is 19.1 Å². The molecule has 2 saturated heterocycles. The third-order valence-electron chi connectivity index (χ3n) is 25.5. The van der Waals surface area contributed by atoms with Gasteiger partial charge in [-0.15, -0.1) is 0 Å². The Morgan fingerprint density at radius 2 is 1.09 bits per heavy atom. The first-order chi connectivity index (χ1) is 52.8. The van der Waals surface area contributed by atoms with Crippen LogP contribution in [0.4, 0.5) is 15.8 Å². The molecule has 2 aliphatic heterocycles. The van der Waals surface area contributed by atoms with Crippen LogP contribution in [-0.4, -0.2) is 213 Å². The first-order valence-electron chi connectivity index (χ1n) is 39.3. The number of pyridine rings is 1. The Balaban J connectivity index is 0.000000220. The van der Waals surface area contributed by atoms with Crippen molar-refractivity contribution in [2.24, 2.45) is 58.2 Å². The summed E-state index contributed by atoms with van der Waals surface area (Å²) in [6, 6.07) is 30.8. The van der Waals surface area contributed by atoms with Gasteiger partial charge in [0.2, 0.25) is 11.8 Å². The molecule has 4 amide bonds. The maximum Gasteiger partial charge on any atom is 0.251 e. The van der Waals surface area contributed by atoms with Crippen LogP contribution < -0.4 is 40.5 Å². The van der Waals surface area contributed by atoms with Gasteiger partial charge in [0.25, 0.3) is 11.8 Å². The highest BCUT2D eigenvalue weighted by Gasteiger charge is 2.59. The number of aliphatic hydroxyl groups excluding tert-OH is 5. The second kappa shape index (κ2) is 35.5. The summed E-state index contributed by atoms with van der Waals surface area (Å²) in [4.78, 5) is 78.8. The summed E-state index contributed by atoms with van der Waals surface area (Å²) in [6.07, 6.45) is 5.16. The van der Waals surface area contributed by atoms with Gasteiger partial charge in [-0.3, -0.25) is 33.8 Å². The van der Waals surface area contributed by atoms with E-state index in [-0.39, 0.29) is 96.1 Å². The molecule has 0 radical (unpaired) electrons. The van der Waals surface area contributed by atoms with Crippen LogP contribution in [0.1, 0.15) is 124 Å². The number of methoxy groups -OCH3 is 2. The van der Waals surface area contributed by atoms with E-state index in [1.807, 2.05) is 148 Å². The SMILES string of the molecule is COc1c(-c2cc(C(=O)N[C@@H](Cc3cccnc3)CN(C)C)cc(N(C)C)c2)ccc(F)c1CN1O[C@@H](CO)[C@H]([C@H](C)O)[C@H]1C(=O)N[C@H]1C[C@H]2C[C@@H]([C@@H]1C)C2(C)C.COc1c(CN2O[C@@H](CO)[C@@H]([C@H](C)O)[C@H]2C(=O)N[C@H]2C[C@H]3C[C@@H]([C@@H]2C)C3(C)C)cccc1-c1cc(C(=O)N[C@H](CO)Cc2ccccc2)cc(N(C)C)c1. The van der Waals surface area contributed by atoms with Crippen molar-refractivity contribution in [3.63, 3.8) is 0 Å². The summed E-state index contributed by atoms with van der Waals surface area (Å²) in [6.45, 7) is 16.4. The fourth-order valence-electron chi connectivity index (χ4n) is 19.0. The van der Waals surface area contributed by atoms with E-state index < -0.39 is 66.8 Å². The number of likely N-dealkylation sites (N-methyl/N-ethyl adjacent to an activating group) is 1.